The van der Waals surface area contributed by atoms with E-state index in [-0.39, 0.29) is 17.4 Å². The van der Waals surface area contributed by atoms with E-state index in [1.165, 1.54) is 6.07 Å². The Bertz CT molecular complexity index is 941. The number of rotatable bonds is 4. The molecule has 4 rings (SSSR count). The van der Waals surface area contributed by atoms with Crippen LogP contribution in [0.15, 0.2) is 66.7 Å². The second-order valence-electron chi connectivity index (χ2n) is 6.52. The van der Waals surface area contributed by atoms with Gasteiger partial charge in [-0.15, -0.1) is 10.2 Å². The minimum atomic E-state index is -0.374. The second-order valence-corrected chi connectivity index (χ2v) is 6.52. The zero-order valence-electron chi connectivity index (χ0n) is 15.3. The van der Waals surface area contributed by atoms with Crippen molar-refractivity contribution in [2.45, 2.75) is 0 Å². The Morgan fingerprint density at radius 3 is 2.25 bits per heavy atom. The number of hydrogen-bond acceptors (Lipinski definition) is 5. The van der Waals surface area contributed by atoms with Crippen LogP contribution in [0.3, 0.4) is 0 Å². The van der Waals surface area contributed by atoms with E-state index in [4.69, 9.17) is 0 Å². The molecule has 7 heteroatoms. The van der Waals surface area contributed by atoms with Gasteiger partial charge < -0.3 is 15.1 Å². The van der Waals surface area contributed by atoms with Crippen LogP contribution in [0.4, 0.5) is 21.6 Å². The molecule has 2 heterocycles. The lowest BCUT2D eigenvalue weighted by Crippen LogP contribution is -2.49. The lowest BCUT2D eigenvalue weighted by Gasteiger charge is -2.35. The number of aromatic nitrogens is 2. The molecule has 1 aromatic heterocycles. The first kappa shape index (κ1) is 17.9. The molecule has 1 fully saturated rings. The Labute approximate surface area is 162 Å². The number of para-hydroxylation sites is 2. The van der Waals surface area contributed by atoms with Crippen LogP contribution < -0.4 is 10.2 Å². The third-order valence-corrected chi connectivity index (χ3v) is 4.71. The molecule has 0 radical (unpaired) electrons. The van der Waals surface area contributed by atoms with Gasteiger partial charge in [0.2, 0.25) is 0 Å². The van der Waals surface area contributed by atoms with E-state index >= 15 is 0 Å². The van der Waals surface area contributed by atoms with Crippen LogP contribution in [0, 0.1) is 5.82 Å². The number of halogens is 1. The summed E-state index contributed by atoms with van der Waals surface area (Å²) in [6, 6.07) is 19.7. The molecular weight excluding hydrogens is 357 g/mol. The summed E-state index contributed by atoms with van der Waals surface area (Å²) >= 11 is 0. The lowest BCUT2D eigenvalue weighted by molar-refractivity contribution is 0.0739. The summed E-state index contributed by atoms with van der Waals surface area (Å²) in [5, 5.41) is 10.9. The topological polar surface area (TPSA) is 61.4 Å². The highest BCUT2D eigenvalue weighted by atomic mass is 19.1. The summed E-state index contributed by atoms with van der Waals surface area (Å²) in [7, 11) is 0. The molecule has 1 saturated heterocycles. The first-order valence-electron chi connectivity index (χ1n) is 9.15. The maximum absolute atomic E-state index is 13.7. The zero-order chi connectivity index (χ0) is 19.3. The van der Waals surface area contributed by atoms with Crippen molar-refractivity contribution in [1.82, 2.24) is 15.1 Å². The molecule has 0 unspecified atom stereocenters. The molecule has 0 spiro atoms. The van der Waals surface area contributed by atoms with Crippen molar-refractivity contribution < 1.29 is 9.18 Å². The van der Waals surface area contributed by atoms with Gasteiger partial charge in [-0.3, -0.25) is 4.79 Å². The number of anilines is 3. The van der Waals surface area contributed by atoms with Gasteiger partial charge in [-0.25, -0.2) is 4.39 Å². The Kier molecular flexibility index (Phi) is 5.14. The van der Waals surface area contributed by atoms with Crippen molar-refractivity contribution in [3.05, 3.63) is 78.2 Å². The molecule has 0 atom stereocenters. The molecule has 2 aromatic carbocycles. The molecule has 1 aliphatic rings. The monoisotopic (exact) mass is 377 g/mol. The highest BCUT2D eigenvalue weighted by Crippen LogP contribution is 2.19. The minimum Gasteiger partial charge on any atom is -0.368 e. The summed E-state index contributed by atoms with van der Waals surface area (Å²) < 4.78 is 13.7. The van der Waals surface area contributed by atoms with Crippen molar-refractivity contribution in [2.75, 3.05) is 36.4 Å². The van der Waals surface area contributed by atoms with Crippen LogP contribution >= 0.6 is 0 Å². The molecule has 1 N–H and O–H groups in total. The Morgan fingerprint density at radius 1 is 0.857 bits per heavy atom. The van der Waals surface area contributed by atoms with Crippen LogP contribution in [0.1, 0.15) is 10.5 Å². The van der Waals surface area contributed by atoms with E-state index in [1.54, 1.807) is 35.2 Å². The Hall–Kier alpha value is -3.48. The summed E-state index contributed by atoms with van der Waals surface area (Å²) in [5.41, 5.74) is 1.76. The standard InChI is InChI=1S/C21H20FN5O/c22-17-8-4-5-9-18(17)23-20-11-10-19(24-25-20)21(28)27-14-12-26(13-15-27)16-6-2-1-3-7-16/h1-11H,12-15H2,(H,23,25). The van der Waals surface area contributed by atoms with Gasteiger partial charge >= 0.3 is 0 Å². The average Bonchev–Trinajstić information content (AvgIpc) is 2.76. The molecule has 142 valence electrons. The highest BCUT2D eigenvalue weighted by molar-refractivity contribution is 5.92. The Balaban J connectivity index is 1.37. The van der Waals surface area contributed by atoms with Crippen LogP contribution in [-0.2, 0) is 0 Å². The molecule has 28 heavy (non-hydrogen) atoms. The summed E-state index contributed by atoms with van der Waals surface area (Å²) in [5.74, 6) is -0.131. The van der Waals surface area contributed by atoms with Crippen LogP contribution in [-0.4, -0.2) is 47.2 Å². The van der Waals surface area contributed by atoms with E-state index in [2.05, 4.69) is 32.5 Å². The first-order valence-corrected chi connectivity index (χ1v) is 9.15. The maximum atomic E-state index is 13.7. The fraction of sp³-hybridized carbons (Fsp3) is 0.190. The number of nitrogens with zero attached hydrogens (tertiary/aromatic N) is 4. The summed E-state index contributed by atoms with van der Waals surface area (Å²) in [6.07, 6.45) is 0. The van der Waals surface area contributed by atoms with Gasteiger partial charge in [-0.1, -0.05) is 30.3 Å². The minimum absolute atomic E-state index is 0.141. The molecule has 1 aliphatic heterocycles. The normalized spacial score (nSPS) is 14.0. The fourth-order valence-electron chi connectivity index (χ4n) is 3.18. The summed E-state index contributed by atoms with van der Waals surface area (Å²) in [4.78, 5) is 16.7. The van der Waals surface area contributed by atoms with E-state index < -0.39 is 0 Å². The molecular formula is C21H20FN5O. The molecule has 0 bridgehead atoms. The van der Waals surface area contributed by atoms with Crippen LogP contribution in [0.5, 0.6) is 0 Å². The smallest absolute Gasteiger partial charge is 0.274 e. The lowest BCUT2D eigenvalue weighted by atomic mass is 10.2. The van der Waals surface area contributed by atoms with Crippen molar-refractivity contribution in [3.63, 3.8) is 0 Å². The third kappa shape index (κ3) is 3.93. The molecule has 0 saturated carbocycles. The van der Waals surface area contributed by atoms with Gasteiger partial charge in [-0.2, -0.15) is 0 Å². The van der Waals surface area contributed by atoms with Crippen molar-refractivity contribution in [2.24, 2.45) is 0 Å². The van der Waals surface area contributed by atoms with Crippen LogP contribution in [0.2, 0.25) is 0 Å². The molecule has 6 nitrogen and oxygen atoms in total. The summed E-state index contributed by atoms with van der Waals surface area (Å²) in [6.45, 7) is 2.81. The van der Waals surface area contributed by atoms with Gasteiger partial charge in [0, 0.05) is 31.9 Å². The number of piperazine rings is 1. The van der Waals surface area contributed by atoms with Crippen LogP contribution in [0.25, 0.3) is 0 Å². The SMILES string of the molecule is O=C(c1ccc(Nc2ccccc2F)nn1)N1CCN(c2ccccc2)CC1. The largest absolute Gasteiger partial charge is 0.368 e. The van der Waals surface area contributed by atoms with Gasteiger partial charge in [-0.05, 0) is 36.4 Å². The van der Waals surface area contributed by atoms with Gasteiger partial charge in [0.1, 0.15) is 5.82 Å². The van der Waals surface area contributed by atoms with E-state index in [0.29, 0.717) is 24.6 Å². The van der Waals surface area contributed by atoms with E-state index in [9.17, 15) is 9.18 Å². The first-order chi connectivity index (χ1) is 13.7. The fourth-order valence-corrected chi connectivity index (χ4v) is 3.18. The second kappa shape index (κ2) is 8.04. The maximum Gasteiger partial charge on any atom is 0.274 e. The average molecular weight is 377 g/mol. The predicted octanol–water partition coefficient (Wildman–Crippen LogP) is 3.32. The number of nitrogens with one attached hydrogen (secondary N) is 1. The van der Waals surface area contributed by atoms with Crippen molar-refractivity contribution in [1.29, 1.82) is 0 Å². The Morgan fingerprint density at radius 2 is 1.57 bits per heavy atom. The highest BCUT2D eigenvalue weighted by Gasteiger charge is 2.23. The number of carbonyl (C=O) groups excluding carboxylic acids is 1. The van der Waals surface area contributed by atoms with Gasteiger partial charge in [0.15, 0.2) is 11.5 Å². The quantitative estimate of drug-likeness (QED) is 0.756. The molecule has 1 amide bonds. The van der Waals surface area contributed by atoms with Gasteiger partial charge in [0.25, 0.3) is 5.91 Å². The van der Waals surface area contributed by atoms with Crippen molar-refractivity contribution in [3.8, 4) is 0 Å². The predicted molar refractivity (Wildman–Crippen MR) is 106 cm³/mol. The number of carbonyl (C=O) groups is 1. The van der Waals surface area contributed by atoms with E-state index in [0.717, 1.165) is 18.8 Å². The zero-order valence-corrected chi connectivity index (χ0v) is 15.3. The third-order valence-electron chi connectivity index (χ3n) is 4.71. The molecule has 3 aromatic rings. The van der Waals surface area contributed by atoms with Crippen molar-refractivity contribution >= 4 is 23.1 Å². The molecule has 0 aliphatic carbocycles. The van der Waals surface area contributed by atoms with E-state index in [1.807, 2.05) is 18.2 Å². The number of amides is 1. The number of benzene rings is 2. The number of hydrogen-bond donors (Lipinski definition) is 1. The van der Waals surface area contributed by atoms with Gasteiger partial charge in [0.05, 0.1) is 5.69 Å².